The number of benzene rings is 2. The van der Waals surface area contributed by atoms with Gasteiger partial charge in [0.15, 0.2) is 0 Å². The molecular weight excluding hydrogens is 508 g/mol. The molecule has 0 unspecified atom stereocenters. The maximum absolute atomic E-state index is 10.6. The first-order chi connectivity index (χ1) is 18.2. The summed E-state index contributed by atoms with van der Waals surface area (Å²) in [5.41, 5.74) is 2.17. The molecule has 0 aliphatic carbocycles. The van der Waals surface area contributed by atoms with E-state index in [4.69, 9.17) is 29.3 Å². The lowest BCUT2D eigenvalue weighted by atomic mass is 9.94. The van der Waals surface area contributed by atoms with Gasteiger partial charge in [0.1, 0.15) is 24.2 Å². The van der Waals surface area contributed by atoms with Gasteiger partial charge in [-0.25, -0.2) is 9.59 Å². The number of H-pyrrole nitrogens is 1. The van der Waals surface area contributed by atoms with Crippen molar-refractivity contribution in [1.29, 1.82) is 0 Å². The number of fused-ring (bicyclic) bond motifs is 2. The fourth-order valence-electron chi connectivity index (χ4n) is 4.76. The number of hydrogen-bond acceptors (Lipinski definition) is 7. The fourth-order valence-corrected chi connectivity index (χ4v) is 6.01. The highest BCUT2D eigenvalue weighted by molar-refractivity contribution is 7.19. The number of ether oxygens (including phenoxy) is 2. The number of likely N-dealkylation sites (tertiary alicyclic amines) is 1. The first-order valence-corrected chi connectivity index (χ1v) is 13.2. The van der Waals surface area contributed by atoms with E-state index in [0.717, 1.165) is 54.0 Å². The molecule has 1 saturated heterocycles. The van der Waals surface area contributed by atoms with Crippen molar-refractivity contribution in [2.24, 2.45) is 0 Å². The van der Waals surface area contributed by atoms with E-state index >= 15 is 0 Å². The third-order valence-electron chi connectivity index (χ3n) is 6.59. The number of aromatic nitrogens is 1. The number of β-amino-alcohol motifs (C(OH)–C–C–N with tert-alkyl or cyclic N) is 1. The van der Waals surface area contributed by atoms with Gasteiger partial charge in [0.05, 0.1) is 7.11 Å². The molecule has 0 amide bonds. The first-order valence-electron chi connectivity index (χ1n) is 12.4. The van der Waals surface area contributed by atoms with Crippen LogP contribution in [0.15, 0.2) is 48.5 Å². The van der Waals surface area contributed by atoms with Crippen LogP contribution in [0.3, 0.4) is 0 Å². The number of carboxylic acids is 2. The summed E-state index contributed by atoms with van der Waals surface area (Å²) in [7, 11) is 1.74. The van der Waals surface area contributed by atoms with Gasteiger partial charge in [0, 0.05) is 38.1 Å². The second-order valence-corrected chi connectivity index (χ2v) is 10.5. The number of aromatic amines is 1. The van der Waals surface area contributed by atoms with Crippen LogP contribution in [0, 0.1) is 6.92 Å². The molecule has 0 radical (unpaired) electrons. The van der Waals surface area contributed by atoms with Gasteiger partial charge >= 0.3 is 11.9 Å². The number of rotatable bonds is 7. The third kappa shape index (κ3) is 6.63. The number of aliphatic hydroxyl groups is 1. The third-order valence-corrected chi connectivity index (χ3v) is 7.86. The molecule has 5 rings (SSSR count). The van der Waals surface area contributed by atoms with E-state index in [-0.39, 0.29) is 0 Å². The van der Waals surface area contributed by atoms with Crippen LogP contribution in [0.5, 0.6) is 11.5 Å². The summed E-state index contributed by atoms with van der Waals surface area (Å²) in [6.45, 7) is 4.99. The first kappa shape index (κ1) is 27.4. The lowest BCUT2D eigenvalue weighted by Gasteiger charge is -2.32. The number of aliphatic hydroxyl groups excluding tert-OH is 1. The van der Waals surface area contributed by atoms with Crippen molar-refractivity contribution in [2.75, 3.05) is 33.4 Å². The van der Waals surface area contributed by atoms with Gasteiger partial charge < -0.3 is 34.7 Å². The van der Waals surface area contributed by atoms with Crippen LogP contribution in [-0.2, 0) is 9.59 Å². The summed E-state index contributed by atoms with van der Waals surface area (Å²) in [5.74, 6) is -1.29. The Morgan fingerprint density at radius 3 is 2.42 bits per heavy atom. The minimum absolute atomic E-state index is 0.305. The van der Waals surface area contributed by atoms with Gasteiger partial charge in [-0.3, -0.25) is 0 Å². The summed E-state index contributed by atoms with van der Waals surface area (Å²) in [6, 6.07) is 16.7. The molecule has 1 atom stereocenters. The molecule has 38 heavy (non-hydrogen) atoms. The Morgan fingerprint density at radius 1 is 1.05 bits per heavy atom. The lowest BCUT2D eigenvalue weighted by molar-refractivity contribution is -0.159. The number of carboxylic acid groups (broad SMARTS) is 2. The summed E-state index contributed by atoms with van der Waals surface area (Å²) in [6.07, 6.45) is 1.73. The standard InChI is InChI=1S/C26H30N2O3S.C2H2O4/c1-17-13-20-22(27-17)5-3-7-24(20)31-16-19(29)15-28-11-9-18(10-12-28)26-14-21-23(30-2)6-4-8-25(21)32-26;3-1(4)2(5)6/h3-8,13-14,18-19,27,29H,9-12,15-16H2,1-2H3;(H,3,4)(H,5,6)/t19-;/m0./s1. The van der Waals surface area contributed by atoms with E-state index in [1.807, 2.05) is 42.5 Å². The summed E-state index contributed by atoms with van der Waals surface area (Å²) < 4.78 is 12.8. The van der Waals surface area contributed by atoms with E-state index in [1.54, 1.807) is 7.11 Å². The minimum Gasteiger partial charge on any atom is -0.496 e. The van der Waals surface area contributed by atoms with Crippen molar-refractivity contribution in [3.8, 4) is 11.5 Å². The molecule has 10 heteroatoms. The monoisotopic (exact) mass is 540 g/mol. The predicted molar refractivity (Wildman–Crippen MR) is 147 cm³/mol. The summed E-state index contributed by atoms with van der Waals surface area (Å²) >= 11 is 1.89. The lowest BCUT2D eigenvalue weighted by Crippen LogP contribution is -2.40. The molecular formula is C28H32N2O7S. The Bertz CT molecular complexity index is 1390. The number of carbonyl (C=O) groups is 2. The van der Waals surface area contributed by atoms with E-state index in [2.05, 4.69) is 34.1 Å². The summed E-state index contributed by atoms with van der Waals surface area (Å²) in [5, 5.41) is 27.7. The second-order valence-electron chi connectivity index (χ2n) is 9.34. The Labute approximate surface area is 224 Å². The Morgan fingerprint density at radius 2 is 1.74 bits per heavy atom. The molecule has 1 fully saturated rings. The maximum Gasteiger partial charge on any atom is 0.414 e. The van der Waals surface area contributed by atoms with E-state index < -0.39 is 18.0 Å². The average Bonchev–Trinajstić information content (AvgIpc) is 3.51. The molecule has 4 N–H and O–H groups in total. The molecule has 3 heterocycles. The topological polar surface area (TPSA) is 132 Å². The van der Waals surface area contributed by atoms with Gasteiger partial charge in [0.2, 0.25) is 0 Å². The zero-order valence-electron chi connectivity index (χ0n) is 21.3. The fraction of sp³-hybridized carbons (Fsp3) is 0.357. The molecule has 4 aromatic rings. The Hall–Kier alpha value is -3.60. The van der Waals surface area contributed by atoms with Crippen LogP contribution in [0.2, 0.25) is 0 Å². The normalized spacial score (nSPS) is 15.1. The molecule has 0 saturated carbocycles. The average molecular weight is 541 g/mol. The number of nitrogens with one attached hydrogen (secondary N) is 1. The maximum atomic E-state index is 10.6. The number of piperidine rings is 1. The van der Waals surface area contributed by atoms with E-state index in [9.17, 15) is 5.11 Å². The molecule has 202 valence electrons. The number of aliphatic carboxylic acids is 2. The highest BCUT2D eigenvalue weighted by Crippen LogP contribution is 2.39. The van der Waals surface area contributed by atoms with Crippen LogP contribution in [-0.4, -0.2) is 76.6 Å². The van der Waals surface area contributed by atoms with Gasteiger partial charge in [0.25, 0.3) is 0 Å². The molecule has 1 aliphatic heterocycles. The van der Waals surface area contributed by atoms with Crippen LogP contribution >= 0.6 is 11.3 Å². The molecule has 2 aromatic carbocycles. The Kier molecular flexibility index (Phi) is 8.88. The highest BCUT2D eigenvalue weighted by Gasteiger charge is 2.24. The second kappa shape index (κ2) is 12.3. The SMILES string of the molecule is COc1cccc2sc(C3CCN(C[C@H](O)COc4cccc5[nH]c(C)cc45)CC3)cc12.O=C(O)C(=O)O. The van der Waals surface area contributed by atoms with Crippen molar-refractivity contribution in [3.63, 3.8) is 0 Å². The van der Waals surface area contributed by atoms with Crippen molar-refractivity contribution in [3.05, 3.63) is 59.1 Å². The quantitative estimate of drug-likeness (QED) is 0.252. The molecule has 0 spiro atoms. The number of methoxy groups -OCH3 is 1. The molecule has 9 nitrogen and oxygen atoms in total. The molecule has 0 bridgehead atoms. The van der Waals surface area contributed by atoms with Gasteiger partial charge in [-0.15, -0.1) is 11.3 Å². The van der Waals surface area contributed by atoms with Crippen LogP contribution in [0.25, 0.3) is 21.0 Å². The van der Waals surface area contributed by atoms with Crippen molar-refractivity contribution < 1.29 is 34.4 Å². The predicted octanol–water partition coefficient (Wildman–Crippen LogP) is 4.47. The van der Waals surface area contributed by atoms with Crippen molar-refractivity contribution in [2.45, 2.75) is 31.8 Å². The van der Waals surface area contributed by atoms with Crippen LogP contribution < -0.4 is 9.47 Å². The van der Waals surface area contributed by atoms with Gasteiger partial charge in [-0.05, 0) is 75.2 Å². The zero-order chi connectivity index (χ0) is 27.2. The van der Waals surface area contributed by atoms with Gasteiger partial charge in [-0.2, -0.15) is 0 Å². The number of aryl methyl sites for hydroxylation is 1. The minimum atomic E-state index is -1.82. The van der Waals surface area contributed by atoms with Gasteiger partial charge in [-0.1, -0.05) is 12.1 Å². The Balaban J connectivity index is 0.000000505. The van der Waals surface area contributed by atoms with Crippen molar-refractivity contribution >= 4 is 44.3 Å². The number of nitrogens with zero attached hydrogens (tertiary/aromatic N) is 1. The zero-order valence-corrected chi connectivity index (χ0v) is 22.2. The molecule has 2 aromatic heterocycles. The number of hydrogen-bond donors (Lipinski definition) is 4. The van der Waals surface area contributed by atoms with E-state index in [0.29, 0.717) is 19.1 Å². The summed E-state index contributed by atoms with van der Waals surface area (Å²) in [4.78, 5) is 25.3. The van der Waals surface area contributed by atoms with Crippen LogP contribution in [0.1, 0.15) is 29.3 Å². The highest BCUT2D eigenvalue weighted by atomic mass is 32.1. The largest absolute Gasteiger partial charge is 0.496 e. The molecule has 1 aliphatic rings. The number of thiophene rings is 1. The van der Waals surface area contributed by atoms with E-state index in [1.165, 1.54) is 15.0 Å². The van der Waals surface area contributed by atoms with Crippen molar-refractivity contribution in [1.82, 2.24) is 9.88 Å². The smallest absolute Gasteiger partial charge is 0.414 e. The van der Waals surface area contributed by atoms with Crippen LogP contribution in [0.4, 0.5) is 0 Å².